The third kappa shape index (κ3) is 1.87. The van der Waals surface area contributed by atoms with Crippen molar-refractivity contribution in [2.45, 2.75) is 31.9 Å². The first-order chi connectivity index (χ1) is 9.54. The van der Waals surface area contributed by atoms with Gasteiger partial charge in [-0.1, -0.05) is 17.7 Å². The molecule has 1 saturated heterocycles. The Hall–Kier alpha value is -1.66. The Morgan fingerprint density at radius 1 is 1.50 bits per heavy atom. The van der Waals surface area contributed by atoms with E-state index in [1.807, 2.05) is 6.92 Å². The van der Waals surface area contributed by atoms with Crippen molar-refractivity contribution in [3.63, 3.8) is 0 Å². The second-order valence-electron chi connectivity index (χ2n) is 5.24. The summed E-state index contributed by atoms with van der Waals surface area (Å²) < 4.78 is 7.44. The molecule has 0 aliphatic carbocycles. The first-order valence-corrected chi connectivity index (χ1v) is 6.86. The number of aromatic nitrogens is 4. The molecule has 2 N–H and O–H groups in total. The summed E-state index contributed by atoms with van der Waals surface area (Å²) in [5, 5.41) is 12.6. The molecule has 0 radical (unpaired) electrons. The molecule has 2 unspecified atom stereocenters. The van der Waals surface area contributed by atoms with Crippen LogP contribution in [0.15, 0.2) is 18.2 Å². The van der Waals surface area contributed by atoms with Crippen LogP contribution in [0, 0.1) is 0 Å². The van der Waals surface area contributed by atoms with Crippen molar-refractivity contribution in [2.75, 3.05) is 12.3 Å². The van der Waals surface area contributed by atoms with Crippen molar-refractivity contribution in [1.82, 2.24) is 20.2 Å². The number of tetrazole rings is 1. The van der Waals surface area contributed by atoms with Gasteiger partial charge in [0, 0.05) is 12.3 Å². The van der Waals surface area contributed by atoms with E-state index in [0.29, 0.717) is 28.7 Å². The quantitative estimate of drug-likeness (QED) is 0.858. The Morgan fingerprint density at radius 2 is 2.30 bits per heavy atom. The van der Waals surface area contributed by atoms with Crippen LogP contribution < -0.4 is 5.73 Å². The molecule has 0 bridgehead atoms. The molecule has 0 saturated carbocycles. The van der Waals surface area contributed by atoms with Gasteiger partial charge in [0.1, 0.15) is 0 Å². The lowest BCUT2D eigenvalue weighted by atomic mass is 9.94. The summed E-state index contributed by atoms with van der Waals surface area (Å²) in [5.74, 6) is 0.577. The molecule has 0 spiro atoms. The van der Waals surface area contributed by atoms with Crippen LogP contribution in [0.4, 0.5) is 5.69 Å². The van der Waals surface area contributed by atoms with Crippen LogP contribution in [0.25, 0.3) is 11.4 Å². The Labute approximate surface area is 121 Å². The molecule has 106 valence electrons. The lowest BCUT2D eigenvalue weighted by Gasteiger charge is -2.28. The maximum atomic E-state index is 6.26. The predicted molar refractivity (Wildman–Crippen MR) is 76.4 cm³/mol. The third-order valence-corrected chi connectivity index (χ3v) is 4.39. The van der Waals surface area contributed by atoms with Crippen LogP contribution >= 0.6 is 11.6 Å². The van der Waals surface area contributed by atoms with Crippen molar-refractivity contribution in [2.24, 2.45) is 0 Å². The first-order valence-electron chi connectivity index (χ1n) is 6.49. The van der Waals surface area contributed by atoms with E-state index >= 15 is 0 Å². The molecule has 1 aliphatic heterocycles. The highest BCUT2D eigenvalue weighted by atomic mass is 35.5. The molecule has 1 aliphatic rings. The second kappa shape index (κ2) is 4.71. The van der Waals surface area contributed by atoms with Crippen molar-refractivity contribution >= 4 is 17.3 Å². The van der Waals surface area contributed by atoms with Gasteiger partial charge in [0.2, 0.25) is 0 Å². The highest BCUT2D eigenvalue weighted by molar-refractivity contribution is 6.33. The molecule has 1 aromatic carbocycles. The van der Waals surface area contributed by atoms with E-state index in [1.54, 1.807) is 22.9 Å². The van der Waals surface area contributed by atoms with Crippen molar-refractivity contribution in [1.29, 1.82) is 0 Å². The zero-order chi connectivity index (χ0) is 14.3. The topological polar surface area (TPSA) is 78.8 Å². The monoisotopic (exact) mass is 293 g/mol. The van der Waals surface area contributed by atoms with Crippen LogP contribution in [0.3, 0.4) is 0 Å². The number of nitrogens with two attached hydrogens (primary N) is 1. The lowest BCUT2D eigenvalue weighted by Crippen LogP contribution is -2.38. The van der Waals surface area contributed by atoms with E-state index in [9.17, 15) is 0 Å². The van der Waals surface area contributed by atoms with E-state index in [0.717, 1.165) is 6.42 Å². The lowest BCUT2D eigenvalue weighted by molar-refractivity contribution is 0.0706. The number of rotatable bonds is 2. The molecule has 3 rings (SSSR count). The van der Waals surface area contributed by atoms with Crippen LogP contribution in [0.5, 0.6) is 0 Å². The van der Waals surface area contributed by atoms with Crippen LogP contribution in [0.2, 0.25) is 5.02 Å². The number of anilines is 1. The third-order valence-electron chi connectivity index (χ3n) is 4.07. The van der Waals surface area contributed by atoms with Gasteiger partial charge in [-0.05, 0) is 42.8 Å². The summed E-state index contributed by atoms with van der Waals surface area (Å²) in [6, 6.07) is 5.37. The summed E-state index contributed by atoms with van der Waals surface area (Å²) in [6.45, 7) is 4.79. The Balaban J connectivity index is 2.16. The van der Waals surface area contributed by atoms with Gasteiger partial charge in [-0.15, -0.1) is 5.10 Å². The molecule has 2 heterocycles. The van der Waals surface area contributed by atoms with E-state index in [4.69, 9.17) is 22.1 Å². The van der Waals surface area contributed by atoms with E-state index in [2.05, 4.69) is 22.4 Å². The number of ether oxygens (including phenoxy) is 1. The standard InChI is InChI=1S/C13H16ClN5O/c1-8-13(2,6-7-20-8)19-12(16-17-18-19)11-9(14)4-3-5-10(11)15/h3-5,8H,6-7,15H2,1-2H3. The van der Waals surface area contributed by atoms with Crippen LogP contribution in [-0.2, 0) is 10.3 Å². The molecular weight excluding hydrogens is 278 g/mol. The fourth-order valence-electron chi connectivity index (χ4n) is 2.57. The SMILES string of the molecule is CC1OCCC1(C)n1nnnc1-c1c(N)cccc1Cl. The number of nitrogens with zero attached hydrogens (tertiary/aromatic N) is 4. The van der Waals surface area contributed by atoms with Crippen molar-refractivity contribution < 1.29 is 4.74 Å². The first kappa shape index (κ1) is 13.3. The normalized spacial score (nSPS) is 26.1. The van der Waals surface area contributed by atoms with Crippen LogP contribution in [-0.4, -0.2) is 32.9 Å². The molecule has 6 nitrogen and oxygen atoms in total. The number of nitrogen functional groups attached to an aromatic ring is 1. The number of benzene rings is 1. The van der Waals surface area contributed by atoms with Gasteiger partial charge in [-0.3, -0.25) is 0 Å². The highest BCUT2D eigenvalue weighted by Crippen LogP contribution is 2.38. The number of hydrogen-bond donors (Lipinski definition) is 1. The smallest absolute Gasteiger partial charge is 0.186 e. The fraction of sp³-hybridized carbons (Fsp3) is 0.462. The second-order valence-corrected chi connectivity index (χ2v) is 5.65. The maximum Gasteiger partial charge on any atom is 0.186 e. The molecule has 1 fully saturated rings. The fourth-order valence-corrected chi connectivity index (χ4v) is 2.83. The van der Waals surface area contributed by atoms with Gasteiger partial charge in [-0.25, -0.2) is 4.68 Å². The van der Waals surface area contributed by atoms with Crippen LogP contribution in [0.1, 0.15) is 20.3 Å². The summed E-state index contributed by atoms with van der Waals surface area (Å²) in [4.78, 5) is 0. The molecule has 1 aromatic heterocycles. The minimum atomic E-state index is -0.301. The van der Waals surface area contributed by atoms with Gasteiger partial charge < -0.3 is 10.5 Å². The summed E-state index contributed by atoms with van der Waals surface area (Å²) in [6.07, 6.45) is 0.866. The molecule has 20 heavy (non-hydrogen) atoms. The molecule has 2 aromatic rings. The van der Waals surface area contributed by atoms with Gasteiger partial charge in [0.15, 0.2) is 5.82 Å². The minimum Gasteiger partial charge on any atom is -0.398 e. The van der Waals surface area contributed by atoms with E-state index < -0.39 is 0 Å². The minimum absolute atomic E-state index is 0.0217. The van der Waals surface area contributed by atoms with Crippen molar-refractivity contribution in [3.05, 3.63) is 23.2 Å². The van der Waals surface area contributed by atoms with Gasteiger partial charge in [0.25, 0.3) is 0 Å². The Kier molecular flexibility index (Phi) is 3.14. The number of hydrogen-bond acceptors (Lipinski definition) is 5. The zero-order valence-corrected chi connectivity index (χ0v) is 12.1. The number of halogens is 1. The molecular formula is C13H16ClN5O. The summed E-state index contributed by atoms with van der Waals surface area (Å²) >= 11 is 6.26. The maximum absolute atomic E-state index is 6.26. The van der Waals surface area contributed by atoms with Gasteiger partial charge in [0.05, 0.1) is 22.2 Å². The average Bonchev–Trinajstić information content (AvgIpc) is 2.99. The largest absolute Gasteiger partial charge is 0.398 e. The molecule has 0 amide bonds. The highest BCUT2D eigenvalue weighted by Gasteiger charge is 2.42. The Bertz CT molecular complexity index is 623. The Morgan fingerprint density at radius 3 is 2.95 bits per heavy atom. The summed E-state index contributed by atoms with van der Waals surface area (Å²) in [5.41, 5.74) is 6.96. The van der Waals surface area contributed by atoms with Gasteiger partial charge in [-0.2, -0.15) is 0 Å². The molecule has 7 heteroatoms. The van der Waals surface area contributed by atoms with Crippen molar-refractivity contribution in [3.8, 4) is 11.4 Å². The average molecular weight is 294 g/mol. The zero-order valence-electron chi connectivity index (χ0n) is 11.4. The van der Waals surface area contributed by atoms with E-state index in [1.165, 1.54) is 0 Å². The molecule has 2 atom stereocenters. The van der Waals surface area contributed by atoms with E-state index in [-0.39, 0.29) is 11.6 Å². The van der Waals surface area contributed by atoms with Gasteiger partial charge >= 0.3 is 0 Å². The summed E-state index contributed by atoms with van der Waals surface area (Å²) in [7, 11) is 0. The predicted octanol–water partition coefficient (Wildman–Crippen LogP) is 2.10.